The average molecular weight is 197 g/mol. The van der Waals surface area contributed by atoms with Gasteiger partial charge in [0.1, 0.15) is 12.4 Å². The minimum absolute atomic E-state index is 0.829. The number of ether oxygens (including phenoxy) is 1. The van der Waals surface area contributed by atoms with Crippen molar-refractivity contribution in [2.75, 3.05) is 0 Å². The van der Waals surface area contributed by atoms with Crippen molar-refractivity contribution in [3.8, 4) is 5.75 Å². The van der Waals surface area contributed by atoms with E-state index in [1.54, 1.807) is 0 Å². The average Bonchev–Trinajstić information content (AvgIpc) is 2.32. The maximum Gasteiger partial charge on any atom is 0.140 e. The highest BCUT2D eigenvalue weighted by Gasteiger charge is 1.94. The summed E-state index contributed by atoms with van der Waals surface area (Å²) in [5, 5.41) is 0. The molecule has 75 valence electrons. The van der Waals surface area contributed by atoms with Crippen molar-refractivity contribution in [2.45, 2.75) is 6.42 Å². The van der Waals surface area contributed by atoms with Gasteiger partial charge in [-0.1, -0.05) is 48.5 Å². The van der Waals surface area contributed by atoms with E-state index in [0.717, 1.165) is 12.2 Å². The van der Waals surface area contributed by atoms with Gasteiger partial charge >= 0.3 is 0 Å². The lowest BCUT2D eigenvalue weighted by atomic mass is 10.2. The molecule has 2 aromatic carbocycles. The second kappa shape index (κ2) is 5.20. The lowest BCUT2D eigenvalue weighted by molar-refractivity contribution is 0.401. The third-order valence-corrected chi connectivity index (χ3v) is 2.12. The van der Waals surface area contributed by atoms with Gasteiger partial charge in [-0.3, -0.25) is 0 Å². The molecule has 0 saturated carbocycles. The monoisotopic (exact) mass is 197 g/mol. The standard InChI is InChI=1S/C14H13O/c1-3-7-13(8-4-1)11-12-15-14-9-5-2-6-10-14/h1-10,12H,11H2. The Morgan fingerprint density at radius 1 is 0.800 bits per heavy atom. The molecule has 0 aliphatic rings. The van der Waals surface area contributed by atoms with Gasteiger partial charge in [-0.25, -0.2) is 0 Å². The van der Waals surface area contributed by atoms with E-state index >= 15 is 0 Å². The summed E-state index contributed by atoms with van der Waals surface area (Å²) in [4.78, 5) is 0. The van der Waals surface area contributed by atoms with E-state index in [2.05, 4.69) is 12.1 Å². The van der Waals surface area contributed by atoms with Gasteiger partial charge in [0, 0.05) is 6.42 Å². The van der Waals surface area contributed by atoms with Crippen LogP contribution in [0.4, 0.5) is 0 Å². The predicted molar refractivity (Wildman–Crippen MR) is 61.5 cm³/mol. The van der Waals surface area contributed by atoms with Crippen molar-refractivity contribution in [1.29, 1.82) is 0 Å². The number of rotatable bonds is 4. The van der Waals surface area contributed by atoms with Crippen LogP contribution in [0.3, 0.4) is 0 Å². The van der Waals surface area contributed by atoms with Crippen LogP contribution in [0.25, 0.3) is 0 Å². The van der Waals surface area contributed by atoms with Crippen LogP contribution in [0.2, 0.25) is 0 Å². The van der Waals surface area contributed by atoms with E-state index in [1.165, 1.54) is 5.56 Å². The molecule has 0 amide bonds. The van der Waals surface area contributed by atoms with E-state index in [9.17, 15) is 0 Å². The molecule has 0 atom stereocenters. The molecule has 0 aliphatic heterocycles. The lowest BCUT2D eigenvalue weighted by Gasteiger charge is -2.04. The van der Waals surface area contributed by atoms with Crippen LogP contribution in [-0.4, -0.2) is 0 Å². The van der Waals surface area contributed by atoms with Crippen molar-refractivity contribution < 1.29 is 4.74 Å². The fraction of sp³-hybridized carbons (Fsp3) is 0.0714. The molecule has 0 aliphatic carbocycles. The molecule has 0 heterocycles. The van der Waals surface area contributed by atoms with E-state index in [4.69, 9.17) is 4.74 Å². The minimum Gasteiger partial charge on any atom is -0.486 e. The van der Waals surface area contributed by atoms with Crippen LogP contribution >= 0.6 is 0 Å². The summed E-state index contributed by atoms with van der Waals surface area (Å²) in [5.74, 6) is 0.883. The molecule has 2 aromatic rings. The third kappa shape index (κ3) is 3.13. The summed E-state index contributed by atoms with van der Waals surface area (Å²) in [6, 6.07) is 20.1. The third-order valence-electron chi connectivity index (χ3n) is 2.12. The quantitative estimate of drug-likeness (QED) is 0.729. The van der Waals surface area contributed by atoms with Crippen LogP contribution in [0.5, 0.6) is 5.75 Å². The van der Waals surface area contributed by atoms with Crippen molar-refractivity contribution in [2.24, 2.45) is 0 Å². The molecule has 1 radical (unpaired) electrons. The fourth-order valence-corrected chi connectivity index (χ4v) is 1.35. The largest absolute Gasteiger partial charge is 0.486 e. The maximum atomic E-state index is 5.48. The number of para-hydroxylation sites is 1. The zero-order valence-electron chi connectivity index (χ0n) is 8.47. The fourth-order valence-electron chi connectivity index (χ4n) is 1.35. The summed E-state index contributed by atoms with van der Waals surface area (Å²) in [6.45, 7) is 1.82. The Morgan fingerprint density at radius 2 is 1.40 bits per heavy atom. The summed E-state index contributed by atoms with van der Waals surface area (Å²) >= 11 is 0. The van der Waals surface area contributed by atoms with E-state index in [-0.39, 0.29) is 0 Å². The summed E-state index contributed by atoms with van der Waals surface area (Å²) in [7, 11) is 0. The second-order valence-electron chi connectivity index (χ2n) is 3.29. The Kier molecular flexibility index (Phi) is 3.39. The molecule has 0 N–H and O–H groups in total. The first kappa shape index (κ1) is 9.78. The van der Waals surface area contributed by atoms with E-state index in [0.29, 0.717) is 0 Å². The van der Waals surface area contributed by atoms with Gasteiger partial charge in [-0.2, -0.15) is 0 Å². The van der Waals surface area contributed by atoms with Crippen LogP contribution in [0.15, 0.2) is 60.7 Å². The maximum absolute atomic E-state index is 5.48. The molecule has 0 saturated heterocycles. The molecule has 0 aromatic heterocycles. The first-order valence-electron chi connectivity index (χ1n) is 5.02. The van der Waals surface area contributed by atoms with Crippen molar-refractivity contribution in [1.82, 2.24) is 0 Å². The van der Waals surface area contributed by atoms with Gasteiger partial charge in [0.2, 0.25) is 0 Å². The van der Waals surface area contributed by atoms with Gasteiger partial charge in [-0.05, 0) is 17.7 Å². The van der Waals surface area contributed by atoms with Gasteiger partial charge in [0.25, 0.3) is 0 Å². The van der Waals surface area contributed by atoms with Crippen molar-refractivity contribution in [3.63, 3.8) is 0 Å². The first-order valence-corrected chi connectivity index (χ1v) is 5.02. The molecule has 0 unspecified atom stereocenters. The smallest absolute Gasteiger partial charge is 0.140 e. The summed E-state index contributed by atoms with van der Waals surface area (Å²) in [5.41, 5.74) is 1.26. The lowest BCUT2D eigenvalue weighted by Crippen LogP contribution is -1.93. The molecular weight excluding hydrogens is 184 g/mol. The normalized spacial score (nSPS) is 9.87. The Labute approximate surface area is 90.3 Å². The number of benzene rings is 2. The topological polar surface area (TPSA) is 9.23 Å². The SMILES string of the molecule is [CH](Cc1ccccc1)Oc1ccccc1. The molecule has 15 heavy (non-hydrogen) atoms. The van der Waals surface area contributed by atoms with E-state index in [1.807, 2.05) is 55.1 Å². The van der Waals surface area contributed by atoms with Gasteiger partial charge in [-0.15, -0.1) is 0 Å². The highest BCUT2D eigenvalue weighted by molar-refractivity contribution is 5.22. The molecular formula is C14H13O. The van der Waals surface area contributed by atoms with Crippen LogP contribution in [-0.2, 0) is 6.42 Å². The zero-order chi connectivity index (χ0) is 10.3. The van der Waals surface area contributed by atoms with Crippen molar-refractivity contribution in [3.05, 3.63) is 72.8 Å². The van der Waals surface area contributed by atoms with Crippen molar-refractivity contribution >= 4 is 0 Å². The molecule has 2 rings (SSSR count). The summed E-state index contributed by atoms with van der Waals surface area (Å²) in [6.07, 6.45) is 0.829. The van der Waals surface area contributed by atoms with E-state index < -0.39 is 0 Å². The van der Waals surface area contributed by atoms with Gasteiger partial charge in [0.15, 0.2) is 0 Å². The van der Waals surface area contributed by atoms with Crippen LogP contribution in [0, 0.1) is 6.61 Å². The highest BCUT2D eigenvalue weighted by Crippen LogP contribution is 2.11. The number of hydrogen-bond acceptors (Lipinski definition) is 1. The van der Waals surface area contributed by atoms with Crippen LogP contribution in [0.1, 0.15) is 5.56 Å². The second-order valence-corrected chi connectivity index (χ2v) is 3.29. The molecule has 0 fully saturated rings. The zero-order valence-corrected chi connectivity index (χ0v) is 8.47. The first-order chi connectivity index (χ1) is 7.45. The Bertz CT molecular complexity index is 341. The molecule has 1 nitrogen and oxygen atoms in total. The number of hydrogen-bond donors (Lipinski definition) is 0. The van der Waals surface area contributed by atoms with Gasteiger partial charge < -0.3 is 4.74 Å². The van der Waals surface area contributed by atoms with Gasteiger partial charge in [0.05, 0.1) is 0 Å². The van der Waals surface area contributed by atoms with Crippen LogP contribution < -0.4 is 4.74 Å². The molecule has 1 heteroatoms. The Morgan fingerprint density at radius 3 is 2.07 bits per heavy atom. The Balaban J connectivity index is 1.81. The Hall–Kier alpha value is -1.76. The predicted octanol–water partition coefficient (Wildman–Crippen LogP) is 3.47. The summed E-state index contributed by atoms with van der Waals surface area (Å²) < 4.78 is 5.48. The molecule has 0 bridgehead atoms. The minimum atomic E-state index is 0.829. The highest BCUT2D eigenvalue weighted by atomic mass is 16.5. The molecule has 0 spiro atoms.